The zero-order chi connectivity index (χ0) is 44.5. The lowest BCUT2D eigenvalue weighted by Crippen LogP contribution is -2.02. The van der Waals surface area contributed by atoms with Crippen LogP contribution in [0.25, 0.3) is 148 Å². The van der Waals surface area contributed by atoms with Gasteiger partial charge in [-0.3, -0.25) is 0 Å². The summed E-state index contributed by atoms with van der Waals surface area (Å²) in [6.07, 6.45) is 0. The highest BCUT2D eigenvalue weighted by Gasteiger charge is 2.24. The van der Waals surface area contributed by atoms with E-state index < -0.39 is 0 Å². The molecule has 0 aliphatic heterocycles. The molecule has 0 fully saturated rings. The first-order valence-electron chi connectivity index (χ1n) is 22.7. The van der Waals surface area contributed by atoms with E-state index in [4.69, 9.17) is 23.8 Å². The predicted molar refractivity (Wildman–Crippen MR) is 281 cm³/mol. The number of furan rings is 2. The average Bonchev–Trinajstić information content (AvgIpc) is 4.17. The average molecular weight is 887 g/mol. The van der Waals surface area contributed by atoms with Crippen molar-refractivity contribution in [2.45, 2.75) is 0 Å². The molecule has 68 heavy (non-hydrogen) atoms. The summed E-state index contributed by atoms with van der Waals surface area (Å²) in [5.41, 5.74) is 11.2. The van der Waals surface area contributed by atoms with Crippen molar-refractivity contribution >= 4 is 108 Å². The second-order valence-corrected chi connectivity index (χ2v) is 18.5. The fourth-order valence-electron chi connectivity index (χ4n) is 10.6. The number of hydrogen-bond donors (Lipinski definition) is 0. The van der Waals surface area contributed by atoms with E-state index in [0.717, 1.165) is 88.4 Å². The smallest absolute Gasteiger partial charge is 0.167 e. The number of aromatic nitrogens is 4. The minimum atomic E-state index is 0.519. The van der Waals surface area contributed by atoms with Crippen LogP contribution in [-0.4, -0.2) is 19.5 Å². The summed E-state index contributed by atoms with van der Waals surface area (Å²) >= 11 is 1.83. The van der Waals surface area contributed by atoms with Crippen LogP contribution in [-0.2, 0) is 0 Å². The number of para-hydroxylation sites is 4. The summed E-state index contributed by atoms with van der Waals surface area (Å²) in [7, 11) is 0. The Hall–Kier alpha value is -8.91. The van der Waals surface area contributed by atoms with E-state index in [1.807, 2.05) is 65.9 Å². The first-order chi connectivity index (χ1) is 33.7. The number of benzene rings is 10. The van der Waals surface area contributed by atoms with Gasteiger partial charge in [0.05, 0.1) is 22.3 Å². The number of rotatable bonds is 5. The van der Waals surface area contributed by atoms with Gasteiger partial charge in [-0.1, -0.05) is 133 Å². The second-order valence-electron chi connectivity index (χ2n) is 17.4. The molecule has 15 aromatic rings. The summed E-state index contributed by atoms with van der Waals surface area (Å²) in [5, 5.41) is 11.3. The Labute approximate surface area is 391 Å². The van der Waals surface area contributed by atoms with E-state index in [2.05, 4.69) is 156 Å². The van der Waals surface area contributed by atoms with Gasteiger partial charge in [0.2, 0.25) is 0 Å². The molecule has 0 spiro atoms. The fraction of sp³-hybridized carbons (Fsp3) is 0. The van der Waals surface area contributed by atoms with Crippen LogP contribution in [0.1, 0.15) is 0 Å². The lowest BCUT2D eigenvalue weighted by atomic mass is 9.95. The maximum absolute atomic E-state index is 6.63. The molecule has 7 heteroatoms. The first-order valence-corrected chi connectivity index (χ1v) is 23.6. The molecule has 10 aromatic carbocycles. The maximum atomic E-state index is 6.63. The lowest BCUT2D eigenvalue weighted by molar-refractivity contribution is 0.668. The van der Waals surface area contributed by atoms with Crippen LogP contribution in [0.2, 0.25) is 0 Å². The third-order valence-electron chi connectivity index (χ3n) is 13.7. The zero-order valence-electron chi connectivity index (χ0n) is 36.1. The largest absolute Gasteiger partial charge is 0.456 e. The van der Waals surface area contributed by atoms with Crippen LogP contribution in [0.5, 0.6) is 0 Å². The molecular weight excluding hydrogens is 853 g/mol. The summed E-state index contributed by atoms with van der Waals surface area (Å²) in [6.45, 7) is 0. The molecule has 0 amide bonds. The number of hydrogen-bond acceptors (Lipinski definition) is 6. The second kappa shape index (κ2) is 14.3. The third-order valence-corrected chi connectivity index (χ3v) is 14.8. The molecule has 0 saturated heterocycles. The molecule has 0 atom stereocenters. The van der Waals surface area contributed by atoms with Gasteiger partial charge < -0.3 is 13.4 Å². The Morgan fingerprint density at radius 1 is 0.353 bits per heavy atom. The number of fused-ring (bicyclic) bond motifs is 13. The minimum absolute atomic E-state index is 0.519. The van der Waals surface area contributed by atoms with Gasteiger partial charge in [0.15, 0.2) is 17.5 Å². The van der Waals surface area contributed by atoms with Gasteiger partial charge in [-0.15, -0.1) is 11.3 Å². The van der Waals surface area contributed by atoms with E-state index in [1.165, 1.54) is 41.7 Å². The molecule has 316 valence electrons. The quantitative estimate of drug-likeness (QED) is 0.172. The van der Waals surface area contributed by atoms with E-state index >= 15 is 0 Å². The predicted octanol–water partition coefficient (Wildman–Crippen LogP) is 17.0. The van der Waals surface area contributed by atoms with Gasteiger partial charge >= 0.3 is 0 Å². The lowest BCUT2D eigenvalue weighted by Gasteiger charge is -2.17. The highest BCUT2D eigenvalue weighted by atomic mass is 32.1. The third kappa shape index (κ3) is 5.48. The van der Waals surface area contributed by atoms with Crippen molar-refractivity contribution in [1.29, 1.82) is 0 Å². The molecule has 0 saturated carbocycles. The standard InChI is InChI=1S/C61H34N4O2S/c1-2-15-36-34-50-46(32-35(36)14-1)38-16-3-7-24-48(38)65(50)49-31-30-37(33-47(49)40-20-13-29-55-57(40)43-19-6-10-28-54(43)68-55)59-62-60(44-22-12-27-53-56(44)42-18-5-9-26-52(42)66-53)64-61(63-59)45-23-11-21-41-39-17-4-8-25-51(39)67-58(41)45/h1-34H. The number of nitrogens with zero attached hydrogens (tertiary/aromatic N) is 4. The van der Waals surface area contributed by atoms with Gasteiger partial charge in [-0.05, 0) is 89.1 Å². The molecule has 0 radical (unpaired) electrons. The Kier molecular flexibility index (Phi) is 7.85. The molecule has 6 nitrogen and oxygen atoms in total. The molecule has 0 N–H and O–H groups in total. The zero-order valence-corrected chi connectivity index (χ0v) is 37.0. The van der Waals surface area contributed by atoms with Crippen LogP contribution in [0.4, 0.5) is 0 Å². The van der Waals surface area contributed by atoms with Crippen LogP contribution in [0, 0.1) is 0 Å². The molecular formula is C61H34N4O2S. The highest BCUT2D eigenvalue weighted by molar-refractivity contribution is 7.25. The molecule has 5 heterocycles. The molecule has 0 unspecified atom stereocenters. The van der Waals surface area contributed by atoms with Gasteiger partial charge in [-0.25, -0.2) is 15.0 Å². The van der Waals surface area contributed by atoms with Crippen molar-refractivity contribution < 1.29 is 8.83 Å². The Balaban J connectivity index is 1.04. The summed E-state index contributed by atoms with van der Waals surface area (Å²) in [5.74, 6) is 1.61. The first kappa shape index (κ1) is 37.3. The Morgan fingerprint density at radius 2 is 0.971 bits per heavy atom. The molecule has 0 bridgehead atoms. The normalized spacial score (nSPS) is 12.1. The molecule has 5 aromatic heterocycles. The molecule has 0 aliphatic rings. The van der Waals surface area contributed by atoms with E-state index in [0.29, 0.717) is 17.5 Å². The van der Waals surface area contributed by atoms with Crippen molar-refractivity contribution in [2.24, 2.45) is 0 Å². The van der Waals surface area contributed by atoms with Crippen molar-refractivity contribution in [3.63, 3.8) is 0 Å². The van der Waals surface area contributed by atoms with Crippen LogP contribution in [0.15, 0.2) is 215 Å². The Bertz CT molecular complexity index is 4590. The van der Waals surface area contributed by atoms with Crippen molar-refractivity contribution in [3.05, 3.63) is 206 Å². The van der Waals surface area contributed by atoms with E-state index in [9.17, 15) is 0 Å². The van der Waals surface area contributed by atoms with Crippen molar-refractivity contribution in [1.82, 2.24) is 19.5 Å². The fourth-order valence-corrected chi connectivity index (χ4v) is 11.8. The molecule has 15 rings (SSSR count). The monoisotopic (exact) mass is 886 g/mol. The Morgan fingerprint density at radius 3 is 1.85 bits per heavy atom. The highest BCUT2D eigenvalue weighted by Crippen LogP contribution is 2.46. The topological polar surface area (TPSA) is 69.9 Å². The van der Waals surface area contributed by atoms with Crippen LogP contribution >= 0.6 is 11.3 Å². The number of thiophene rings is 1. The van der Waals surface area contributed by atoms with E-state index in [1.54, 1.807) is 0 Å². The van der Waals surface area contributed by atoms with Crippen molar-refractivity contribution in [3.8, 4) is 51.0 Å². The van der Waals surface area contributed by atoms with Crippen LogP contribution in [0.3, 0.4) is 0 Å². The summed E-state index contributed by atoms with van der Waals surface area (Å²) in [4.78, 5) is 16.2. The maximum Gasteiger partial charge on any atom is 0.167 e. The summed E-state index contributed by atoms with van der Waals surface area (Å²) in [6, 6.07) is 72.8. The van der Waals surface area contributed by atoms with Gasteiger partial charge in [0.25, 0.3) is 0 Å². The molecule has 0 aliphatic carbocycles. The van der Waals surface area contributed by atoms with Gasteiger partial charge in [0, 0.05) is 69.2 Å². The van der Waals surface area contributed by atoms with Crippen molar-refractivity contribution in [2.75, 3.05) is 0 Å². The van der Waals surface area contributed by atoms with Gasteiger partial charge in [-0.2, -0.15) is 0 Å². The SMILES string of the molecule is c1ccc2cc3c(cc2c1)c1ccccc1n3-c1ccc(-c2nc(-c3cccc4c3oc3ccccc34)nc(-c3cccc4oc5ccccc5c34)n2)cc1-c1cccc2sc3ccccc3c12. The minimum Gasteiger partial charge on any atom is -0.456 e. The van der Waals surface area contributed by atoms with E-state index in [-0.39, 0.29) is 0 Å². The summed E-state index contributed by atoms with van der Waals surface area (Å²) < 4.78 is 18.0. The van der Waals surface area contributed by atoms with Crippen LogP contribution < -0.4 is 0 Å². The van der Waals surface area contributed by atoms with Gasteiger partial charge in [0.1, 0.15) is 22.3 Å².